The molecule has 5 nitrogen and oxygen atoms in total. The number of fused-ring (bicyclic) bond motifs is 2. The highest BCUT2D eigenvalue weighted by molar-refractivity contribution is 5.43. The van der Waals surface area contributed by atoms with Gasteiger partial charge in [-0.15, -0.1) is 0 Å². The molecule has 2 aliphatic rings. The van der Waals surface area contributed by atoms with Gasteiger partial charge < -0.3 is 9.22 Å². The molecule has 2 heterocycles. The Hall–Kier alpha value is -2.06. The molecule has 2 aliphatic heterocycles. The predicted molar refractivity (Wildman–Crippen MR) is 78.7 cm³/mol. The van der Waals surface area contributed by atoms with Crippen LogP contribution in [-0.4, -0.2) is 35.6 Å². The van der Waals surface area contributed by atoms with E-state index in [0.717, 1.165) is 35.2 Å². The second-order valence-corrected chi connectivity index (χ2v) is 6.03. The monoisotopic (exact) mass is 287 g/mol. The van der Waals surface area contributed by atoms with E-state index in [9.17, 15) is 10.1 Å². The number of ether oxygens (including phenoxy) is 1. The minimum Gasteiger partial charge on any atom is -0.496 e. The molecule has 0 spiro atoms. The molecule has 3 rings (SSSR count). The highest BCUT2D eigenvalue weighted by Gasteiger charge is 2.47. The van der Waals surface area contributed by atoms with Crippen LogP contribution in [0.3, 0.4) is 0 Å². The Morgan fingerprint density at radius 1 is 1.48 bits per heavy atom. The van der Waals surface area contributed by atoms with Gasteiger partial charge in [-0.2, -0.15) is 0 Å². The molecule has 2 bridgehead atoms. The predicted octanol–water partition coefficient (Wildman–Crippen LogP) is 2.49. The summed E-state index contributed by atoms with van der Waals surface area (Å²) >= 11 is 0. The average Bonchev–Trinajstić information content (AvgIpc) is 2.67. The van der Waals surface area contributed by atoms with Crippen molar-refractivity contribution in [2.24, 2.45) is 0 Å². The lowest BCUT2D eigenvalue weighted by Crippen LogP contribution is -2.53. The van der Waals surface area contributed by atoms with Crippen molar-refractivity contribution < 1.29 is 14.1 Å². The smallest absolute Gasteiger partial charge is 0.270 e. The third kappa shape index (κ3) is 2.26. The topological polar surface area (TPSA) is 52.4 Å². The van der Waals surface area contributed by atoms with Gasteiger partial charge in [0.15, 0.2) is 6.04 Å². The fourth-order valence-electron chi connectivity index (χ4n) is 3.63. The van der Waals surface area contributed by atoms with Crippen molar-refractivity contribution in [1.82, 2.24) is 0 Å². The fourth-order valence-corrected chi connectivity index (χ4v) is 3.63. The lowest BCUT2D eigenvalue weighted by atomic mass is 10.0. The summed E-state index contributed by atoms with van der Waals surface area (Å²) in [4.78, 5) is 10.6. The number of methoxy groups -OCH3 is 1. The van der Waals surface area contributed by atoms with E-state index in [-0.39, 0.29) is 10.6 Å². The first kappa shape index (κ1) is 13.9. The summed E-state index contributed by atoms with van der Waals surface area (Å²) in [6.45, 7) is 0.731. The van der Waals surface area contributed by atoms with Crippen molar-refractivity contribution in [3.8, 4) is 17.6 Å². The molecule has 1 aromatic rings. The molecule has 1 saturated heterocycles. The lowest BCUT2D eigenvalue weighted by molar-refractivity contribution is -0.949. The van der Waals surface area contributed by atoms with Crippen molar-refractivity contribution >= 4 is 5.69 Å². The van der Waals surface area contributed by atoms with Crippen LogP contribution in [-0.2, 0) is 6.54 Å². The van der Waals surface area contributed by atoms with Crippen LogP contribution in [0.15, 0.2) is 18.2 Å². The van der Waals surface area contributed by atoms with Crippen molar-refractivity contribution in [1.29, 1.82) is 0 Å². The van der Waals surface area contributed by atoms with Crippen LogP contribution in [0.1, 0.15) is 24.8 Å². The van der Waals surface area contributed by atoms with Gasteiger partial charge in [-0.1, -0.05) is 5.92 Å². The van der Waals surface area contributed by atoms with Crippen molar-refractivity contribution in [2.75, 3.05) is 14.2 Å². The van der Waals surface area contributed by atoms with E-state index in [1.54, 1.807) is 19.2 Å². The molecule has 21 heavy (non-hydrogen) atoms. The number of hydrogen-bond acceptors (Lipinski definition) is 3. The number of nitrogens with zero attached hydrogens (tertiary/aromatic N) is 2. The molecule has 0 saturated carbocycles. The van der Waals surface area contributed by atoms with Crippen LogP contribution in [0.5, 0.6) is 5.75 Å². The molecule has 0 aliphatic carbocycles. The number of non-ortho nitro benzene ring substituents is 1. The van der Waals surface area contributed by atoms with Gasteiger partial charge in [0, 0.05) is 25.0 Å². The second-order valence-electron chi connectivity index (χ2n) is 6.03. The molecule has 110 valence electrons. The van der Waals surface area contributed by atoms with E-state index in [1.165, 1.54) is 12.5 Å². The van der Waals surface area contributed by atoms with Gasteiger partial charge in [-0.3, -0.25) is 10.1 Å². The Bertz CT molecular complexity index is 647. The second kappa shape index (κ2) is 5.05. The van der Waals surface area contributed by atoms with Crippen LogP contribution in [0.4, 0.5) is 5.69 Å². The van der Waals surface area contributed by atoms with Gasteiger partial charge >= 0.3 is 0 Å². The Labute approximate surface area is 124 Å². The molecular weight excluding hydrogens is 268 g/mol. The van der Waals surface area contributed by atoms with E-state index in [2.05, 4.69) is 18.9 Å². The lowest BCUT2D eigenvalue weighted by Gasteiger charge is -2.40. The van der Waals surface area contributed by atoms with E-state index >= 15 is 0 Å². The third-order valence-corrected chi connectivity index (χ3v) is 4.91. The average molecular weight is 287 g/mol. The van der Waals surface area contributed by atoms with Crippen LogP contribution in [0, 0.1) is 22.0 Å². The van der Waals surface area contributed by atoms with Gasteiger partial charge in [0.1, 0.15) is 18.3 Å². The van der Waals surface area contributed by atoms with Crippen LogP contribution < -0.4 is 4.74 Å². The summed E-state index contributed by atoms with van der Waals surface area (Å²) in [7, 11) is 3.82. The maximum atomic E-state index is 11.0. The zero-order valence-electron chi connectivity index (χ0n) is 12.3. The normalized spacial score (nSPS) is 29.6. The molecule has 5 heteroatoms. The van der Waals surface area contributed by atoms with E-state index in [1.807, 2.05) is 0 Å². The summed E-state index contributed by atoms with van der Waals surface area (Å²) in [5.74, 6) is 7.30. The van der Waals surface area contributed by atoms with Crippen LogP contribution in [0.25, 0.3) is 0 Å². The molecule has 1 unspecified atom stereocenters. The number of nitro benzene ring substituents is 1. The number of hydrogen-bond donors (Lipinski definition) is 0. The minimum atomic E-state index is -0.354. The Morgan fingerprint density at radius 2 is 2.29 bits per heavy atom. The van der Waals surface area contributed by atoms with Crippen LogP contribution in [0.2, 0.25) is 0 Å². The number of quaternary nitrogens is 1. The summed E-state index contributed by atoms with van der Waals surface area (Å²) in [6.07, 6.45) is 3.20. The third-order valence-electron chi connectivity index (χ3n) is 4.91. The largest absolute Gasteiger partial charge is 0.496 e. The Kier molecular flexibility index (Phi) is 3.34. The molecule has 1 aromatic carbocycles. The number of rotatable bonds is 4. The van der Waals surface area contributed by atoms with Crippen molar-refractivity contribution in [3.63, 3.8) is 0 Å². The van der Waals surface area contributed by atoms with Gasteiger partial charge in [0.2, 0.25) is 0 Å². The van der Waals surface area contributed by atoms with Crippen molar-refractivity contribution in [2.45, 2.75) is 37.9 Å². The summed E-state index contributed by atoms with van der Waals surface area (Å²) in [5.41, 5.74) is 1.02. The number of benzene rings is 1. The number of nitro groups is 1. The highest BCUT2D eigenvalue weighted by Crippen LogP contribution is 2.39. The van der Waals surface area contributed by atoms with Gasteiger partial charge in [0.05, 0.1) is 31.1 Å². The van der Waals surface area contributed by atoms with E-state index in [4.69, 9.17) is 4.74 Å². The maximum absolute atomic E-state index is 11.0. The molecule has 1 fully saturated rings. The van der Waals surface area contributed by atoms with E-state index in [0.29, 0.717) is 12.1 Å². The van der Waals surface area contributed by atoms with E-state index < -0.39 is 0 Å². The maximum Gasteiger partial charge on any atom is 0.270 e. The van der Waals surface area contributed by atoms with Crippen LogP contribution >= 0.6 is 0 Å². The zero-order chi connectivity index (χ0) is 15.0. The highest BCUT2D eigenvalue weighted by atomic mass is 16.6. The standard InChI is InChI=1S/C16H19N2O3/c1-18(14-4-3-5-15(18)8-7-14)11-12-10-13(17(19)20)6-9-16(12)21-2/h6,9-10,14-15H,4,7-8,11H2,1-2H3/q+1/t14-,15+,18?/m1/s1. The molecule has 0 amide bonds. The van der Waals surface area contributed by atoms with Crippen molar-refractivity contribution in [3.05, 3.63) is 33.9 Å². The summed E-state index contributed by atoms with van der Waals surface area (Å²) in [6, 6.07) is 5.70. The summed E-state index contributed by atoms with van der Waals surface area (Å²) < 4.78 is 6.24. The van der Waals surface area contributed by atoms with Gasteiger partial charge in [-0.25, -0.2) is 0 Å². The quantitative estimate of drug-likeness (QED) is 0.370. The fraction of sp³-hybridized carbons (Fsp3) is 0.500. The van der Waals surface area contributed by atoms with Gasteiger partial charge in [-0.05, 0) is 12.0 Å². The molecular formula is C16H19N2O3+. The minimum absolute atomic E-state index is 0.118. The Balaban J connectivity index is 1.96. The zero-order valence-corrected chi connectivity index (χ0v) is 12.3. The first-order valence-electron chi connectivity index (χ1n) is 7.19. The molecule has 0 radical (unpaired) electrons. The molecule has 3 atom stereocenters. The summed E-state index contributed by atoms with van der Waals surface area (Å²) in [5, 5.41) is 11.0. The molecule has 0 N–H and O–H groups in total. The first-order valence-corrected chi connectivity index (χ1v) is 7.19. The Morgan fingerprint density at radius 3 is 2.95 bits per heavy atom. The SMILES string of the molecule is COc1ccc([N+](=O)[O-])cc1C[N+]1(C)[C@@H]2CC#C[C@H]1CC2. The molecule has 0 aromatic heterocycles. The van der Waals surface area contributed by atoms with Gasteiger partial charge in [0.25, 0.3) is 5.69 Å². The first-order chi connectivity index (χ1) is 10.0.